The number of hydrogen-bond donors (Lipinski definition) is 2. The van der Waals surface area contributed by atoms with Crippen LogP contribution in [-0.4, -0.2) is 40.1 Å². The Bertz CT molecular complexity index is 931. The van der Waals surface area contributed by atoms with Gasteiger partial charge in [-0.3, -0.25) is 14.9 Å². The summed E-state index contributed by atoms with van der Waals surface area (Å²) in [7, 11) is 3.37. The van der Waals surface area contributed by atoms with E-state index >= 15 is 0 Å². The van der Waals surface area contributed by atoms with Gasteiger partial charge in [-0.2, -0.15) is 5.10 Å². The second-order valence-corrected chi connectivity index (χ2v) is 6.35. The van der Waals surface area contributed by atoms with E-state index in [1.54, 1.807) is 25.3 Å². The monoisotopic (exact) mass is 353 g/mol. The summed E-state index contributed by atoms with van der Waals surface area (Å²) < 4.78 is 5.37. The summed E-state index contributed by atoms with van der Waals surface area (Å²) in [6, 6.07) is 6.92. The standard InChI is InChI=1S/C19H23N5O2/c1-11-16(12(2)23-22-11)17(20)19(25)24(3)10-13-7-8-15(26-4)18-14(13)6-5-9-21-18/h5-9,17H,10,20H2,1-4H3,(H,22,23). The topological polar surface area (TPSA) is 97.1 Å². The summed E-state index contributed by atoms with van der Waals surface area (Å²) >= 11 is 0. The van der Waals surface area contributed by atoms with Crippen molar-refractivity contribution < 1.29 is 9.53 Å². The summed E-state index contributed by atoms with van der Waals surface area (Å²) in [5.74, 6) is 0.546. The molecule has 2 heterocycles. The fourth-order valence-electron chi connectivity index (χ4n) is 3.22. The van der Waals surface area contributed by atoms with Gasteiger partial charge in [0, 0.05) is 36.4 Å². The maximum absolute atomic E-state index is 12.8. The lowest BCUT2D eigenvalue weighted by Crippen LogP contribution is -2.36. The molecule has 3 N–H and O–H groups in total. The van der Waals surface area contributed by atoms with Gasteiger partial charge < -0.3 is 15.4 Å². The predicted octanol–water partition coefficient (Wildman–Crippen LogP) is 2.24. The third kappa shape index (κ3) is 3.13. The quantitative estimate of drug-likeness (QED) is 0.733. The Kier molecular flexibility index (Phi) is 4.90. The molecule has 3 aromatic rings. The molecular weight excluding hydrogens is 330 g/mol. The van der Waals surface area contributed by atoms with E-state index in [0.29, 0.717) is 12.3 Å². The van der Waals surface area contributed by atoms with Crippen molar-refractivity contribution in [1.82, 2.24) is 20.1 Å². The molecule has 0 radical (unpaired) electrons. The predicted molar refractivity (Wildman–Crippen MR) is 99.8 cm³/mol. The molecule has 0 aliphatic rings. The number of fused-ring (bicyclic) bond motifs is 1. The van der Waals surface area contributed by atoms with Crippen LogP contribution in [0, 0.1) is 13.8 Å². The van der Waals surface area contributed by atoms with Gasteiger partial charge in [0.05, 0.1) is 12.8 Å². The fourth-order valence-corrected chi connectivity index (χ4v) is 3.22. The molecule has 0 saturated carbocycles. The second kappa shape index (κ2) is 7.13. The van der Waals surface area contributed by atoms with Crippen LogP contribution in [0.3, 0.4) is 0 Å². The van der Waals surface area contributed by atoms with Gasteiger partial charge >= 0.3 is 0 Å². The zero-order chi connectivity index (χ0) is 18.8. The number of carbonyl (C=O) groups is 1. The highest BCUT2D eigenvalue weighted by molar-refractivity contribution is 5.88. The highest BCUT2D eigenvalue weighted by Crippen LogP contribution is 2.28. The number of carbonyl (C=O) groups excluding carboxylic acids is 1. The number of aryl methyl sites for hydroxylation is 2. The molecule has 0 fully saturated rings. The van der Waals surface area contributed by atoms with Crippen molar-refractivity contribution in [2.24, 2.45) is 5.73 Å². The number of aromatic amines is 1. The minimum absolute atomic E-state index is 0.162. The van der Waals surface area contributed by atoms with Gasteiger partial charge in [-0.25, -0.2) is 0 Å². The molecule has 1 atom stereocenters. The van der Waals surface area contributed by atoms with Crippen molar-refractivity contribution in [1.29, 1.82) is 0 Å². The van der Waals surface area contributed by atoms with Crippen LogP contribution < -0.4 is 10.5 Å². The Morgan fingerprint density at radius 1 is 1.35 bits per heavy atom. The smallest absolute Gasteiger partial charge is 0.244 e. The number of rotatable bonds is 5. The third-order valence-corrected chi connectivity index (χ3v) is 4.59. The largest absolute Gasteiger partial charge is 0.494 e. The highest BCUT2D eigenvalue weighted by atomic mass is 16.5. The van der Waals surface area contributed by atoms with E-state index < -0.39 is 6.04 Å². The summed E-state index contributed by atoms with van der Waals surface area (Å²) in [4.78, 5) is 18.9. The van der Waals surface area contributed by atoms with Crippen LogP contribution in [0.4, 0.5) is 0 Å². The number of nitrogens with one attached hydrogen (secondary N) is 1. The number of benzene rings is 1. The first kappa shape index (κ1) is 17.9. The zero-order valence-electron chi connectivity index (χ0n) is 15.4. The van der Waals surface area contributed by atoms with Crippen LogP contribution in [0.25, 0.3) is 10.9 Å². The number of likely N-dealkylation sites (N-methyl/N-ethyl adjacent to an activating group) is 1. The maximum atomic E-state index is 12.8. The van der Waals surface area contributed by atoms with E-state index in [1.807, 2.05) is 38.1 Å². The maximum Gasteiger partial charge on any atom is 0.244 e. The number of H-pyrrole nitrogens is 1. The van der Waals surface area contributed by atoms with E-state index in [1.165, 1.54) is 0 Å². The first-order valence-corrected chi connectivity index (χ1v) is 8.36. The molecule has 2 aromatic heterocycles. The first-order valence-electron chi connectivity index (χ1n) is 8.36. The number of methoxy groups -OCH3 is 1. The fraction of sp³-hybridized carbons (Fsp3) is 0.316. The Hall–Kier alpha value is -2.93. The molecule has 3 rings (SSSR count). The van der Waals surface area contributed by atoms with E-state index in [2.05, 4.69) is 15.2 Å². The molecule has 136 valence electrons. The van der Waals surface area contributed by atoms with Crippen molar-refractivity contribution in [2.45, 2.75) is 26.4 Å². The Morgan fingerprint density at radius 2 is 2.12 bits per heavy atom. The molecule has 7 nitrogen and oxygen atoms in total. The van der Waals surface area contributed by atoms with E-state index in [4.69, 9.17) is 10.5 Å². The van der Waals surface area contributed by atoms with Crippen LogP contribution >= 0.6 is 0 Å². The lowest BCUT2D eigenvalue weighted by atomic mass is 10.0. The summed E-state index contributed by atoms with van der Waals surface area (Å²) in [6.45, 7) is 4.13. The normalized spacial score (nSPS) is 12.2. The van der Waals surface area contributed by atoms with Crippen LogP contribution in [0.2, 0.25) is 0 Å². The molecule has 1 unspecified atom stereocenters. The average molecular weight is 353 g/mol. The Balaban J connectivity index is 1.87. The van der Waals surface area contributed by atoms with E-state index in [-0.39, 0.29) is 5.91 Å². The molecule has 26 heavy (non-hydrogen) atoms. The van der Waals surface area contributed by atoms with Crippen molar-refractivity contribution in [2.75, 3.05) is 14.2 Å². The second-order valence-electron chi connectivity index (χ2n) is 6.35. The number of hydrogen-bond acceptors (Lipinski definition) is 5. The van der Waals surface area contributed by atoms with Crippen LogP contribution in [0.1, 0.15) is 28.6 Å². The lowest BCUT2D eigenvalue weighted by Gasteiger charge is -2.22. The summed E-state index contributed by atoms with van der Waals surface area (Å²) in [5, 5.41) is 7.95. The van der Waals surface area contributed by atoms with Crippen molar-refractivity contribution in [3.05, 3.63) is 53.0 Å². The summed E-state index contributed by atoms with van der Waals surface area (Å²) in [6.07, 6.45) is 1.73. The van der Waals surface area contributed by atoms with Gasteiger partial charge in [0.25, 0.3) is 0 Å². The number of ether oxygens (including phenoxy) is 1. The lowest BCUT2D eigenvalue weighted by molar-refractivity contribution is -0.132. The van der Waals surface area contributed by atoms with Crippen LogP contribution in [-0.2, 0) is 11.3 Å². The SMILES string of the molecule is COc1ccc(CN(C)C(=O)C(N)c2c(C)n[nH]c2C)c2cccnc12. The van der Waals surface area contributed by atoms with Gasteiger partial charge in [0.1, 0.15) is 17.3 Å². The Morgan fingerprint density at radius 3 is 2.77 bits per heavy atom. The molecule has 1 amide bonds. The minimum atomic E-state index is -0.749. The zero-order valence-corrected chi connectivity index (χ0v) is 15.4. The van der Waals surface area contributed by atoms with Crippen molar-refractivity contribution >= 4 is 16.8 Å². The number of nitrogens with zero attached hydrogens (tertiary/aromatic N) is 3. The number of aromatic nitrogens is 3. The van der Waals surface area contributed by atoms with Gasteiger partial charge in [-0.15, -0.1) is 0 Å². The molecule has 0 spiro atoms. The molecule has 0 bridgehead atoms. The number of pyridine rings is 1. The van der Waals surface area contributed by atoms with Gasteiger partial charge in [-0.05, 0) is 31.5 Å². The molecule has 0 aliphatic heterocycles. The van der Waals surface area contributed by atoms with Gasteiger partial charge in [0.2, 0.25) is 5.91 Å². The molecule has 0 saturated heterocycles. The van der Waals surface area contributed by atoms with E-state index in [9.17, 15) is 4.79 Å². The summed E-state index contributed by atoms with van der Waals surface area (Å²) in [5.41, 5.74) is 10.3. The first-order chi connectivity index (χ1) is 12.4. The van der Waals surface area contributed by atoms with Gasteiger partial charge in [0.15, 0.2) is 0 Å². The van der Waals surface area contributed by atoms with E-state index in [0.717, 1.165) is 33.4 Å². The molecule has 1 aromatic carbocycles. The Labute approximate surface area is 152 Å². The molecular formula is C19H23N5O2. The minimum Gasteiger partial charge on any atom is -0.494 e. The van der Waals surface area contributed by atoms with Crippen LogP contribution in [0.5, 0.6) is 5.75 Å². The van der Waals surface area contributed by atoms with Gasteiger partial charge in [-0.1, -0.05) is 12.1 Å². The van der Waals surface area contributed by atoms with Crippen molar-refractivity contribution in [3.8, 4) is 5.75 Å². The molecule has 7 heteroatoms. The number of amides is 1. The number of nitrogens with two attached hydrogens (primary N) is 1. The average Bonchev–Trinajstić information content (AvgIpc) is 2.99. The third-order valence-electron chi connectivity index (χ3n) is 4.59. The molecule has 0 aliphatic carbocycles. The highest BCUT2D eigenvalue weighted by Gasteiger charge is 2.25. The van der Waals surface area contributed by atoms with Crippen molar-refractivity contribution in [3.63, 3.8) is 0 Å². The van der Waals surface area contributed by atoms with Crippen LogP contribution in [0.15, 0.2) is 30.5 Å².